The van der Waals surface area contributed by atoms with Gasteiger partial charge in [-0.05, 0) is 23.8 Å². The number of likely N-dealkylation sites (tertiary alicyclic amines) is 1. The maximum atomic E-state index is 12.4. The van der Waals surface area contributed by atoms with Gasteiger partial charge in [0.2, 0.25) is 0 Å². The standard InChI is InChI=1S/C22H26N2O5/c1-26-18-7-5-4-6-16(18)12-23-13-17-21(14-23)29-22(25)24(17)11-15-8-9-19(27-2)20(10-15)28-3/h4-10,17,21H,11-14H2,1-3H3. The molecule has 2 saturated heterocycles. The second-order valence-corrected chi connectivity index (χ2v) is 7.31. The van der Waals surface area contributed by atoms with Gasteiger partial charge < -0.3 is 18.9 Å². The number of methoxy groups -OCH3 is 3. The van der Waals surface area contributed by atoms with Crippen molar-refractivity contribution in [1.82, 2.24) is 9.80 Å². The predicted molar refractivity (Wildman–Crippen MR) is 107 cm³/mol. The molecule has 0 spiro atoms. The number of carbonyl (C=O) groups excluding carboxylic acids is 1. The molecule has 154 valence electrons. The van der Waals surface area contributed by atoms with Gasteiger partial charge in [0.15, 0.2) is 11.5 Å². The van der Waals surface area contributed by atoms with E-state index in [-0.39, 0.29) is 18.2 Å². The van der Waals surface area contributed by atoms with Crippen LogP contribution in [0.3, 0.4) is 0 Å². The van der Waals surface area contributed by atoms with Crippen molar-refractivity contribution in [3.8, 4) is 17.2 Å². The zero-order valence-electron chi connectivity index (χ0n) is 17.0. The van der Waals surface area contributed by atoms with Crippen molar-refractivity contribution in [2.24, 2.45) is 0 Å². The zero-order valence-corrected chi connectivity index (χ0v) is 17.0. The van der Waals surface area contributed by atoms with E-state index in [1.54, 1.807) is 21.3 Å². The van der Waals surface area contributed by atoms with Crippen molar-refractivity contribution in [2.45, 2.75) is 25.2 Å². The molecule has 2 unspecified atom stereocenters. The van der Waals surface area contributed by atoms with E-state index < -0.39 is 0 Å². The van der Waals surface area contributed by atoms with Crippen LogP contribution in [0.5, 0.6) is 17.2 Å². The van der Waals surface area contributed by atoms with Crippen LogP contribution < -0.4 is 14.2 Å². The molecular weight excluding hydrogens is 372 g/mol. The molecule has 1 amide bonds. The number of ether oxygens (including phenoxy) is 4. The Hall–Kier alpha value is -2.93. The fraction of sp³-hybridized carbons (Fsp3) is 0.409. The van der Waals surface area contributed by atoms with Gasteiger partial charge in [-0.1, -0.05) is 24.3 Å². The molecule has 0 aliphatic carbocycles. The molecule has 2 heterocycles. The first-order chi connectivity index (χ1) is 14.1. The number of hydrogen-bond donors (Lipinski definition) is 0. The Morgan fingerprint density at radius 2 is 1.69 bits per heavy atom. The van der Waals surface area contributed by atoms with Crippen LogP contribution >= 0.6 is 0 Å². The minimum absolute atomic E-state index is 0.0327. The van der Waals surface area contributed by atoms with Crippen LogP contribution in [0.4, 0.5) is 4.79 Å². The van der Waals surface area contributed by atoms with Crippen LogP contribution in [0.2, 0.25) is 0 Å². The number of fused-ring (bicyclic) bond motifs is 1. The van der Waals surface area contributed by atoms with Crippen LogP contribution in [0.15, 0.2) is 42.5 Å². The fourth-order valence-electron chi connectivity index (χ4n) is 4.14. The lowest BCUT2D eigenvalue weighted by molar-refractivity contribution is 0.119. The van der Waals surface area contributed by atoms with Crippen molar-refractivity contribution in [1.29, 1.82) is 0 Å². The van der Waals surface area contributed by atoms with Gasteiger partial charge in [-0.3, -0.25) is 9.80 Å². The van der Waals surface area contributed by atoms with Crippen molar-refractivity contribution in [2.75, 3.05) is 34.4 Å². The highest BCUT2D eigenvalue weighted by Gasteiger charge is 2.47. The lowest BCUT2D eigenvalue weighted by Crippen LogP contribution is -2.37. The van der Waals surface area contributed by atoms with Gasteiger partial charge in [-0.2, -0.15) is 0 Å². The molecule has 0 radical (unpaired) electrons. The lowest BCUT2D eigenvalue weighted by atomic mass is 10.1. The first-order valence-electron chi connectivity index (χ1n) is 9.65. The summed E-state index contributed by atoms with van der Waals surface area (Å²) in [5, 5.41) is 0. The fourth-order valence-corrected chi connectivity index (χ4v) is 4.14. The van der Waals surface area contributed by atoms with E-state index in [0.29, 0.717) is 18.0 Å². The summed E-state index contributed by atoms with van der Waals surface area (Å²) >= 11 is 0. The summed E-state index contributed by atoms with van der Waals surface area (Å²) in [5.74, 6) is 2.20. The van der Waals surface area contributed by atoms with Gasteiger partial charge in [0, 0.05) is 31.7 Å². The molecule has 2 atom stereocenters. The third kappa shape index (κ3) is 3.82. The largest absolute Gasteiger partial charge is 0.496 e. The van der Waals surface area contributed by atoms with Gasteiger partial charge >= 0.3 is 6.09 Å². The Balaban J connectivity index is 1.46. The number of nitrogens with zero attached hydrogens (tertiary/aromatic N) is 2. The Bertz CT molecular complexity index is 887. The minimum atomic E-state index is -0.258. The van der Waals surface area contributed by atoms with Gasteiger partial charge in [0.05, 0.1) is 27.4 Å². The number of benzene rings is 2. The average molecular weight is 398 g/mol. The Morgan fingerprint density at radius 3 is 2.45 bits per heavy atom. The van der Waals surface area contributed by atoms with Crippen LogP contribution in [-0.4, -0.2) is 62.5 Å². The van der Waals surface area contributed by atoms with Gasteiger partial charge in [-0.25, -0.2) is 4.79 Å². The normalized spacial score (nSPS) is 21.1. The number of carbonyl (C=O) groups is 1. The molecule has 7 heteroatoms. The second kappa shape index (κ2) is 8.21. The number of para-hydroxylation sites is 1. The van der Waals surface area contributed by atoms with Crippen molar-refractivity contribution >= 4 is 6.09 Å². The topological polar surface area (TPSA) is 60.5 Å². The molecule has 0 N–H and O–H groups in total. The summed E-state index contributed by atoms with van der Waals surface area (Å²) in [6, 6.07) is 13.8. The van der Waals surface area contributed by atoms with Crippen molar-refractivity contribution < 1.29 is 23.7 Å². The smallest absolute Gasteiger partial charge is 0.410 e. The molecule has 29 heavy (non-hydrogen) atoms. The quantitative estimate of drug-likeness (QED) is 0.715. The highest BCUT2D eigenvalue weighted by atomic mass is 16.6. The van der Waals surface area contributed by atoms with E-state index in [1.165, 1.54) is 0 Å². The highest BCUT2D eigenvalue weighted by Crippen LogP contribution is 2.33. The monoisotopic (exact) mass is 398 g/mol. The van der Waals surface area contributed by atoms with Gasteiger partial charge in [0.1, 0.15) is 11.9 Å². The molecule has 0 aromatic heterocycles. The van der Waals surface area contributed by atoms with E-state index in [2.05, 4.69) is 11.0 Å². The van der Waals surface area contributed by atoms with Gasteiger partial charge in [0.25, 0.3) is 0 Å². The molecule has 2 aromatic carbocycles. The summed E-state index contributed by atoms with van der Waals surface area (Å²) in [6.45, 7) is 2.72. The molecule has 0 bridgehead atoms. The van der Waals surface area contributed by atoms with Gasteiger partial charge in [-0.15, -0.1) is 0 Å². The summed E-state index contributed by atoms with van der Waals surface area (Å²) < 4.78 is 21.8. The molecule has 2 aliphatic heterocycles. The molecule has 2 aromatic rings. The highest BCUT2D eigenvalue weighted by molar-refractivity contribution is 5.71. The van der Waals surface area contributed by atoms with E-state index >= 15 is 0 Å². The number of rotatable bonds is 7. The van der Waals surface area contributed by atoms with Crippen molar-refractivity contribution in [3.63, 3.8) is 0 Å². The molecule has 2 fully saturated rings. The molecule has 0 saturated carbocycles. The van der Waals surface area contributed by atoms with Crippen LogP contribution in [0.1, 0.15) is 11.1 Å². The van der Waals surface area contributed by atoms with E-state index in [0.717, 1.165) is 36.5 Å². The molecule has 7 nitrogen and oxygen atoms in total. The Morgan fingerprint density at radius 1 is 0.931 bits per heavy atom. The zero-order chi connectivity index (χ0) is 20.4. The van der Waals surface area contributed by atoms with Crippen molar-refractivity contribution in [3.05, 3.63) is 53.6 Å². The number of amides is 1. The minimum Gasteiger partial charge on any atom is -0.496 e. The third-order valence-electron chi connectivity index (χ3n) is 5.59. The Labute approximate surface area is 170 Å². The summed E-state index contributed by atoms with van der Waals surface area (Å²) in [4.78, 5) is 16.6. The van der Waals surface area contributed by atoms with E-state index in [1.807, 2.05) is 41.3 Å². The van der Waals surface area contributed by atoms with Crippen LogP contribution in [0, 0.1) is 0 Å². The first-order valence-corrected chi connectivity index (χ1v) is 9.65. The lowest BCUT2D eigenvalue weighted by Gasteiger charge is -2.23. The van der Waals surface area contributed by atoms with Crippen LogP contribution in [-0.2, 0) is 17.8 Å². The molecule has 2 aliphatic rings. The van der Waals surface area contributed by atoms with E-state index in [9.17, 15) is 4.79 Å². The molecule has 4 rings (SSSR count). The molecular formula is C22H26N2O5. The maximum Gasteiger partial charge on any atom is 0.410 e. The summed E-state index contributed by atoms with van der Waals surface area (Å²) in [7, 11) is 4.90. The SMILES string of the molecule is COc1ccccc1CN1CC2OC(=O)N(Cc3ccc(OC)c(OC)c3)C2C1. The summed E-state index contributed by atoms with van der Waals surface area (Å²) in [5.41, 5.74) is 2.11. The Kier molecular flexibility index (Phi) is 5.49. The summed E-state index contributed by atoms with van der Waals surface area (Å²) in [6.07, 6.45) is -0.371. The number of hydrogen-bond acceptors (Lipinski definition) is 6. The van der Waals surface area contributed by atoms with Crippen LogP contribution in [0.25, 0.3) is 0 Å². The van der Waals surface area contributed by atoms with E-state index in [4.69, 9.17) is 18.9 Å². The predicted octanol–water partition coefficient (Wildman–Crippen LogP) is 2.92. The third-order valence-corrected chi connectivity index (χ3v) is 5.59. The maximum absolute atomic E-state index is 12.4. The first kappa shape index (κ1) is 19.4. The second-order valence-electron chi connectivity index (χ2n) is 7.31. The average Bonchev–Trinajstić information content (AvgIpc) is 3.25.